The van der Waals surface area contributed by atoms with Crippen molar-refractivity contribution < 1.29 is 9.90 Å². The quantitative estimate of drug-likeness (QED) is 0.726. The lowest BCUT2D eigenvalue weighted by Crippen LogP contribution is -2.42. The minimum Gasteiger partial charge on any atom is -0.507 e. The predicted octanol–water partition coefficient (Wildman–Crippen LogP) is 3.97. The number of hydrogen-bond acceptors (Lipinski definition) is 3. The van der Waals surface area contributed by atoms with Crippen LogP contribution >= 0.6 is 0 Å². The van der Waals surface area contributed by atoms with Crippen LogP contribution in [0.25, 0.3) is 0 Å². The summed E-state index contributed by atoms with van der Waals surface area (Å²) >= 11 is 0. The van der Waals surface area contributed by atoms with Crippen LogP contribution in [0, 0.1) is 13.8 Å². The number of amides is 1. The lowest BCUT2D eigenvalue weighted by molar-refractivity contribution is -0.122. The predicted molar refractivity (Wildman–Crippen MR) is 116 cm³/mol. The van der Waals surface area contributed by atoms with Crippen molar-refractivity contribution in [2.75, 3.05) is 20.6 Å². The molecule has 0 aliphatic carbocycles. The van der Waals surface area contributed by atoms with Gasteiger partial charge in [0.2, 0.25) is 5.91 Å². The molecule has 2 N–H and O–H groups in total. The third-order valence-corrected chi connectivity index (χ3v) is 5.45. The van der Waals surface area contributed by atoms with Crippen molar-refractivity contribution >= 4 is 5.91 Å². The first-order valence-corrected chi connectivity index (χ1v) is 9.88. The van der Waals surface area contributed by atoms with Crippen LogP contribution in [0.2, 0.25) is 0 Å². The number of hydrogen-bond donors (Lipinski definition) is 2. The van der Waals surface area contributed by atoms with Gasteiger partial charge < -0.3 is 15.3 Å². The second-order valence-corrected chi connectivity index (χ2v) is 8.63. The highest BCUT2D eigenvalue weighted by Crippen LogP contribution is 2.27. The van der Waals surface area contributed by atoms with Crippen LogP contribution in [-0.4, -0.2) is 42.6 Å². The highest BCUT2D eigenvalue weighted by molar-refractivity contribution is 5.77. The highest BCUT2D eigenvalue weighted by atomic mass is 16.3. The van der Waals surface area contributed by atoms with Gasteiger partial charge in [-0.3, -0.25) is 4.79 Å². The standard InChI is InChI=1S/C24H34N2O2/c1-17-12-19(13-18(2)23(17)28)14-21(26(5)6)16-25-22(27)15-24(3,4)20-10-8-7-9-11-20/h7-13,21,28H,14-16H2,1-6H3,(H,25,27)/t21-/m0/s1. The Hall–Kier alpha value is -2.33. The molecule has 0 spiro atoms. The second kappa shape index (κ2) is 9.24. The van der Waals surface area contributed by atoms with Gasteiger partial charge >= 0.3 is 0 Å². The first kappa shape index (κ1) is 22.0. The van der Waals surface area contributed by atoms with Gasteiger partial charge in [0.15, 0.2) is 0 Å². The zero-order valence-electron chi connectivity index (χ0n) is 18.0. The smallest absolute Gasteiger partial charge is 0.220 e. The third-order valence-electron chi connectivity index (χ3n) is 5.45. The van der Waals surface area contributed by atoms with E-state index in [0.717, 1.165) is 17.5 Å². The van der Waals surface area contributed by atoms with Crippen LogP contribution in [0.5, 0.6) is 5.75 Å². The summed E-state index contributed by atoms with van der Waals surface area (Å²) in [5, 5.41) is 13.1. The number of aryl methyl sites for hydroxylation is 2. The number of carbonyl (C=O) groups excluding carboxylic acids is 1. The molecule has 0 saturated carbocycles. The van der Waals surface area contributed by atoms with Gasteiger partial charge in [0.25, 0.3) is 0 Å². The molecule has 1 atom stereocenters. The van der Waals surface area contributed by atoms with Crippen molar-refractivity contribution in [1.29, 1.82) is 0 Å². The molecule has 0 unspecified atom stereocenters. The summed E-state index contributed by atoms with van der Waals surface area (Å²) in [6.45, 7) is 8.64. The summed E-state index contributed by atoms with van der Waals surface area (Å²) in [7, 11) is 4.07. The minimum absolute atomic E-state index is 0.0683. The molecule has 0 aliphatic heterocycles. The van der Waals surface area contributed by atoms with Crippen molar-refractivity contribution in [3.63, 3.8) is 0 Å². The molecule has 4 nitrogen and oxygen atoms in total. The highest BCUT2D eigenvalue weighted by Gasteiger charge is 2.24. The molecule has 0 aromatic heterocycles. The van der Waals surface area contributed by atoms with Crippen LogP contribution in [0.3, 0.4) is 0 Å². The van der Waals surface area contributed by atoms with E-state index in [-0.39, 0.29) is 17.4 Å². The van der Waals surface area contributed by atoms with E-state index in [1.54, 1.807) is 0 Å². The van der Waals surface area contributed by atoms with E-state index in [0.29, 0.717) is 18.7 Å². The molecule has 0 bridgehead atoms. The zero-order valence-corrected chi connectivity index (χ0v) is 18.0. The van der Waals surface area contributed by atoms with Gasteiger partial charge in [-0.15, -0.1) is 0 Å². The molecule has 0 aliphatic rings. The normalized spacial score (nSPS) is 12.8. The maximum Gasteiger partial charge on any atom is 0.220 e. The van der Waals surface area contributed by atoms with Gasteiger partial charge in [0.05, 0.1) is 0 Å². The Labute approximate surface area is 169 Å². The van der Waals surface area contributed by atoms with Gasteiger partial charge in [-0.2, -0.15) is 0 Å². The summed E-state index contributed by atoms with van der Waals surface area (Å²) in [6.07, 6.45) is 1.27. The number of nitrogens with zero attached hydrogens (tertiary/aromatic N) is 1. The molecule has 0 heterocycles. The first-order chi connectivity index (χ1) is 13.1. The fourth-order valence-corrected chi connectivity index (χ4v) is 3.56. The van der Waals surface area contributed by atoms with Crippen molar-refractivity contribution in [3.05, 3.63) is 64.7 Å². The molecule has 0 saturated heterocycles. The Morgan fingerprint density at radius 3 is 2.21 bits per heavy atom. The van der Waals surface area contributed by atoms with Crippen LogP contribution < -0.4 is 5.32 Å². The molecule has 2 aromatic rings. The summed E-state index contributed by atoms with van der Waals surface area (Å²) in [4.78, 5) is 14.7. The molecule has 0 radical (unpaired) electrons. The number of rotatable bonds is 8. The Morgan fingerprint density at radius 2 is 1.68 bits per heavy atom. The maximum atomic E-state index is 12.6. The zero-order chi connectivity index (χ0) is 20.9. The molecule has 2 aromatic carbocycles. The molecule has 0 fully saturated rings. The maximum absolute atomic E-state index is 12.6. The van der Waals surface area contributed by atoms with Crippen molar-refractivity contribution in [1.82, 2.24) is 10.2 Å². The number of phenols is 1. The Bertz CT molecular complexity index is 775. The number of aromatic hydroxyl groups is 1. The summed E-state index contributed by atoms with van der Waals surface area (Å²) in [6, 6.07) is 14.4. The molecular weight excluding hydrogens is 348 g/mol. The second-order valence-electron chi connectivity index (χ2n) is 8.63. The topological polar surface area (TPSA) is 52.6 Å². The fourth-order valence-electron chi connectivity index (χ4n) is 3.56. The number of benzene rings is 2. The lowest BCUT2D eigenvalue weighted by Gasteiger charge is -2.27. The van der Waals surface area contributed by atoms with Crippen LogP contribution in [0.1, 0.15) is 42.5 Å². The van der Waals surface area contributed by atoms with Gasteiger partial charge in [0.1, 0.15) is 5.75 Å². The number of likely N-dealkylation sites (N-methyl/N-ethyl adjacent to an activating group) is 1. The largest absolute Gasteiger partial charge is 0.507 e. The summed E-state index contributed by atoms with van der Waals surface area (Å²) < 4.78 is 0. The Balaban J connectivity index is 1.98. The summed E-state index contributed by atoms with van der Waals surface area (Å²) in [5.74, 6) is 0.431. The Morgan fingerprint density at radius 1 is 1.11 bits per heavy atom. The molecule has 1 amide bonds. The van der Waals surface area contributed by atoms with Crippen LogP contribution in [0.4, 0.5) is 0 Å². The first-order valence-electron chi connectivity index (χ1n) is 9.88. The lowest BCUT2D eigenvalue weighted by atomic mass is 9.81. The van der Waals surface area contributed by atoms with Crippen LogP contribution in [0.15, 0.2) is 42.5 Å². The minimum atomic E-state index is -0.204. The van der Waals surface area contributed by atoms with Gasteiger partial charge in [-0.1, -0.05) is 56.3 Å². The Kier molecular flexibility index (Phi) is 7.25. The molecule has 28 heavy (non-hydrogen) atoms. The number of carbonyl (C=O) groups is 1. The SMILES string of the molecule is Cc1cc(C[C@@H](CNC(=O)CC(C)(C)c2ccccc2)N(C)C)cc(C)c1O. The van der Waals surface area contributed by atoms with E-state index in [9.17, 15) is 9.90 Å². The van der Waals surface area contributed by atoms with Gasteiger partial charge in [0, 0.05) is 19.0 Å². The van der Waals surface area contributed by atoms with E-state index in [1.807, 2.05) is 58.3 Å². The number of phenolic OH excluding ortho intramolecular Hbond substituents is 1. The molecular formula is C24H34N2O2. The van der Waals surface area contributed by atoms with Crippen molar-refractivity contribution in [2.24, 2.45) is 0 Å². The van der Waals surface area contributed by atoms with Crippen molar-refractivity contribution in [2.45, 2.75) is 52.0 Å². The molecule has 152 valence electrons. The molecule has 4 heteroatoms. The number of nitrogens with one attached hydrogen (secondary N) is 1. The van der Waals surface area contributed by atoms with Gasteiger partial charge in [-0.25, -0.2) is 0 Å². The average Bonchev–Trinajstić information content (AvgIpc) is 2.63. The third kappa shape index (κ3) is 5.83. The summed E-state index contributed by atoms with van der Waals surface area (Å²) in [5.41, 5.74) is 3.92. The van der Waals surface area contributed by atoms with Gasteiger partial charge in [-0.05, 0) is 62.0 Å². The monoisotopic (exact) mass is 382 g/mol. The van der Waals surface area contributed by atoms with E-state index >= 15 is 0 Å². The van der Waals surface area contributed by atoms with E-state index in [2.05, 4.69) is 36.2 Å². The van der Waals surface area contributed by atoms with Crippen LogP contribution in [-0.2, 0) is 16.6 Å². The molecule has 2 rings (SSSR count). The van der Waals surface area contributed by atoms with E-state index in [1.165, 1.54) is 11.1 Å². The average molecular weight is 383 g/mol. The van der Waals surface area contributed by atoms with E-state index in [4.69, 9.17) is 0 Å². The fraction of sp³-hybridized carbons (Fsp3) is 0.458. The van der Waals surface area contributed by atoms with E-state index < -0.39 is 0 Å². The van der Waals surface area contributed by atoms with Crippen molar-refractivity contribution in [3.8, 4) is 5.75 Å².